The first-order valence-corrected chi connectivity index (χ1v) is 7.65. The molecule has 0 atom stereocenters. The van der Waals surface area contributed by atoms with E-state index in [0.717, 1.165) is 12.1 Å². The predicted octanol–water partition coefficient (Wildman–Crippen LogP) is 4.88. The molecule has 6 heteroatoms. The zero-order chi connectivity index (χ0) is 15.5. The Morgan fingerprint density at radius 1 is 1.09 bits per heavy atom. The van der Waals surface area contributed by atoms with Gasteiger partial charge in [0.05, 0.1) is 15.7 Å². The second-order valence-corrected chi connectivity index (χ2v) is 5.49. The predicted molar refractivity (Wildman–Crippen MR) is 90.5 cm³/mol. The van der Waals surface area contributed by atoms with Gasteiger partial charge in [0, 0.05) is 5.69 Å². The summed E-state index contributed by atoms with van der Waals surface area (Å²) in [6.45, 7) is 2.11. The third-order valence-electron chi connectivity index (χ3n) is 3.35. The molecule has 0 saturated carbocycles. The lowest BCUT2D eigenvalue weighted by Gasteiger charge is -2.12. The van der Waals surface area contributed by atoms with Crippen LogP contribution >= 0.6 is 23.2 Å². The first-order valence-electron chi connectivity index (χ1n) is 6.90. The largest absolute Gasteiger partial charge is 0.324 e. The Hall–Kier alpha value is -2.04. The van der Waals surface area contributed by atoms with E-state index in [-0.39, 0.29) is 0 Å². The Morgan fingerprint density at radius 3 is 2.73 bits per heavy atom. The van der Waals surface area contributed by atoms with Crippen molar-refractivity contribution in [3.05, 3.63) is 64.4 Å². The summed E-state index contributed by atoms with van der Waals surface area (Å²) in [5.74, 6) is 0.588. The number of aryl methyl sites for hydroxylation is 1. The van der Waals surface area contributed by atoms with Crippen molar-refractivity contribution < 1.29 is 0 Å². The molecule has 1 heterocycles. The molecule has 1 N–H and O–H groups in total. The standard InChI is InChI=1S/C16H14Cl2N4/c1-2-11-6-3-4-8-13(11)21-16-19-10-20-22(16)14-9-5-7-12(17)15(14)18/h3-10H,2H2,1H3,(H,19,20,21). The van der Waals surface area contributed by atoms with E-state index in [1.165, 1.54) is 11.9 Å². The molecule has 0 saturated heterocycles. The molecule has 0 aliphatic carbocycles. The van der Waals surface area contributed by atoms with Crippen molar-refractivity contribution in [3.8, 4) is 5.69 Å². The van der Waals surface area contributed by atoms with Crippen LogP contribution in [-0.2, 0) is 6.42 Å². The molecule has 0 fully saturated rings. The normalized spacial score (nSPS) is 10.7. The minimum Gasteiger partial charge on any atom is -0.324 e. The first-order chi connectivity index (χ1) is 10.7. The molecule has 0 unspecified atom stereocenters. The van der Waals surface area contributed by atoms with E-state index in [1.807, 2.05) is 30.3 Å². The van der Waals surface area contributed by atoms with Crippen molar-refractivity contribution in [2.24, 2.45) is 0 Å². The summed E-state index contributed by atoms with van der Waals surface area (Å²) < 4.78 is 1.64. The van der Waals surface area contributed by atoms with Gasteiger partial charge in [0.25, 0.3) is 0 Å². The number of anilines is 2. The van der Waals surface area contributed by atoms with Crippen LogP contribution in [0.5, 0.6) is 0 Å². The molecular weight excluding hydrogens is 319 g/mol. The molecule has 112 valence electrons. The van der Waals surface area contributed by atoms with E-state index in [4.69, 9.17) is 23.2 Å². The number of benzene rings is 2. The fourth-order valence-electron chi connectivity index (χ4n) is 2.23. The molecule has 0 spiro atoms. The van der Waals surface area contributed by atoms with Gasteiger partial charge >= 0.3 is 0 Å². The summed E-state index contributed by atoms with van der Waals surface area (Å²) in [7, 11) is 0. The van der Waals surface area contributed by atoms with Gasteiger partial charge in [-0.25, -0.2) is 0 Å². The summed E-state index contributed by atoms with van der Waals surface area (Å²) in [5, 5.41) is 8.47. The van der Waals surface area contributed by atoms with Gasteiger partial charge in [-0.1, -0.05) is 54.4 Å². The van der Waals surface area contributed by atoms with Crippen LogP contribution in [0.4, 0.5) is 11.6 Å². The molecule has 3 rings (SSSR count). The van der Waals surface area contributed by atoms with Crippen LogP contribution in [0.25, 0.3) is 5.69 Å². The van der Waals surface area contributed by atoms with Crippen molar-refractivity contribution in [1.82, 2.24) is 14.8 Å². The molecule has 0 bridgehead atoms. The lowest BCUT2D eigenvalue weighted by Crippen LogP contribution is -2.05. The average molecular weight is 333 g/mol. The third-order valence-corrected chi connectivity index (χ3v) is 4.16. The smallest absolute Gasteiger partial charge is 0.230 e. The highest BCUT2D eigenvalue weighted by molar-refractivity contribution is 6.43. The molecule has 0 radical (unpaired) electrons. The zero-order valence-electron chi connectivity index (χ0n) is 11.9. The highest BCUT2D eigenvalue weighted by Crippen LogP contribution is 2.30. The van der Waals surface area contributed by atoms with Crippen LogP contribution < -0.4 is 5.32 Å². The second kappa shape index (κ2) is 6.38. The molecule has 0 aliphatic rings. The summed E-state index contributed by atoms with van der Waals surface area (Å²) in [6, 6.07) is 13.5. The van der Waals surface area contributed by atoms with E-state index in [1.54, 1.807) is 10.7 Å². The van der Waals surface area contributed by atoms with Crippen molar-refractivity contribution in [1.29, 1.82) is 0 Å². The SMILES string of the molecule is CCc1ccccc1Nc1ncnn1-c1cccc(Cl)c1Cl. The molecule has 3 aromatic rings. The number of halogens is 2. The Labute approximate surface area is 138 Å². The Morgan fingerprint density at radius 2 is 1.91 bits per heavy atom. The summed E-state index contributed by atoms with van der Waals surface area (Å²) >= 11 is 12.3. The van der Waals surface area contributed by atoms with Crippen LogP contribution in [0.1, 0.15) is 12.5 Å². The first kappa shape index (κ1) is 14.9. The molecule has 0 amide bonds. The fraction of sp³-hybridized carbons (Fsp3) is 0.125. The topological polar surface area (TPSA) is 42.7 Å². The van der Waals surface area contributed by atoms with Crippen LogP contribution in [0.2, 0.25) is 10.0 Å². The monoisotopic (exact) mass is 332 g/mol. The van der Waals surface area contributed by atoms with E-state index in [0.29, 0.717) is 21.7 Å². The average Bonchev–Trinajstić information content (AvgIpc) is 2.98. The highest BCUT2D eigenvalue weighted by atomic mass is 35.5. The number of rotatable bonds is 4. The number of nitrogens with one attached hydrogen (secondary N) is 1. The van der Waals surface area contributed by atoms with Gasteiger partial charge in [0.1, 0.15) is 6.33 Å². The molecule has 0 aliphatic heterocycles. The summed E-state index contributed by atoms with van der Waals surface area (Å²) in [5.41, 5.74) is 2.88. The summed E-state index contributed by atoms with van der Waals surface area (Å²) in [4.78, 5) is 4.27. The quantitative estimate of drug-likeness (QED) is 0.740. The molecule has 22 heavy (non-hydrogen) atoms. The lowest BCUT2D eigenvalue weighted by atomic mass is 10.1. The molecule has 4 nitrogen and oxygen atoms in total. The maximum absolute atomic E-state index is 6.27. The van der Waals surface area contributed by atoms with Crippen LogP contribution in [0.15, 0.2) is 48.8 Å². The number of para-hydroxylation sites is 1. The van der Waals surface area contributed by atoms with E-state index in [2.05, 4.69) is 28.4 Å². The minimum atomic E-state index is 0.446. The van der Waals surface area contributed by atoms with E-state index in [9.17, 15) is 0 Å². The van der Waals surface area contributed by atoms with Gasteiger partial charge in [0.2, 0.25) is 5.95 Å². The van der Waals surface area contributed by atoms with Gasteiger partial charge in [0.15, 0.2) is 0 Å². The molecule has 1 aromatic heterocycles. The van der Waals surface area contributed by atoms with Gasteiger partial charge in [-0.05, 0) is 30.2 Å². The Balaban J connectivity index is 2.01. The number of hydrogen-bond donors (Lipinski definition) is 1. The maximum atomic E-state index is 6.27. The van der Waals surface area contributed by atoms with Crippen molar-refractivity contribution in [2.45, 2.75) is 13.3 Å². The lowest BCUT2D eigenvalue weighted by molar-refractivity contribution is 0.887. The number of nitrogens with zero attached hydrogens (tertiary/aromatic N) is 3. The number of hydrogen-bond acceptors (Lipinski definition) is 3. The van der Waals surface area contributed by atoms with Crippen LogP contribution in [0.3, 0.4) is 0 Å². The van der Waals surface area contributed by atoms with E-state index < -0.39 is 0 Å². The number of aromatic nitrogens is 3. The Bertz CT molecular complexity index is 798. The molecular formula is C16H14Cl2N4. The van der Waals surface area contributed by atoms with Crippen LogP contribution in [0, 0.1) is 0 Å². The van der Waals surface area contributed by atoms with Gasteiger partial charge in [-0.15, -0.1) is 0 Å². The van der Waals surface area contributed by atoms with Gasteiger partial charge < -0.3 is 5.32 Å². The summed E-state index contributed by atoms with van der Waals surface area (Å²) in [6.07, 6.45) is 2.41. The van der Waals surface area contributed by atoms with E-state index >= 15 is 0 Å². The van der Waals surface area contributed by atoms with Gasteiger partial charge in [-0.3, -0.25) is 0 Å². The Kier molecular flexibility index (Phi) is 4.32. The third kappa shape index (κ3) is 2.80. The maximum Gasteiger partial charge on any atom is 0.230 e. The minimum absolute atomic E-state index is 0.446. The molecule has 2 aromatic carbocycles. The van der Waals surface area contributed by atoms with Crippen molar-refractivity contribution in [3.63, 3.8) is 0 Å². The highest BCUT2D eigenvalue weighted by Gasteiger charge is 2.13. The second-order valence-electron chi connectivity index (χ2n) is 4.70. The van der Waals surface area contributed by atoms with Crippen molar-refractivity contribution >= 4 is 34.8 Å². The van der Waals surface area contributed by atoms with Gasteiger partial charge in [-0.2, -0.15) is 14.8 Å². The van der Waals surface area contributed by atoms with Crippen LogP contribution in [-0.4, -0.2) is 14.8 Å². The zero-order valence-corrected chi connectivity index (χ0v) is 13.4. The van der Waals surface area contributed by atoms with Crippen molar-refractivity contribution in [2.75, 3.05) is 5.32 Å². The fourth-order valence-corrected chi connectivity index (χ4v) is 2.61.